The van der Waals surface area contributed by atoms with Gasteiger partial charge in [0.15, 0.2) is 0 Å². The standard InChI is InChI=1S/C13H19ClN2O3S/c1-9-7-11(14)13(8-12(9)15)20(17,18)16(2)10-3-5-19-6-4-10/h7-8,10H,3-6,15H2,1-2H3. The molecule has 0 radical (unpaired) electrons. The lowest BCUT2D eigenvalue weighted by Crippen LogP contribution is -2.40. The summed E-state index contributed by atoms with van der Waals surface area (Å²) in [4.78, 5) is 0.0660. The summed E-state index contributed by atoms with van der Waals surface area (Å²) in [5.41, 5.74) is 6.99. The molecule has 20 heavy (non-hydrogen) atoms. The van der Waals surface area contributed by atoms with Gasteiger partial charge in [-0.3, -0.25) is 0 Å². The van der Waals surface area contributed by atoms with E-state index in [9.17, 15) is 8.42 Å². The zero-order chi connectivity index (χ0) is 14.9. The molecule has 0 aromatic heterocycles. The van der Waals surface area contributed by atoms with E-state index in [-0.39, 0.29) is 16.0 Å². The molecule has 2 rings (SSSR count). The highest BCUT2D eigenvalue weighted by atomic mass is 35.5. The zero-order valence-corrected chi connectivity index (χ0v) is 13.2. The van der Waals surface area contributed by atoms with Crippen LogP contribution < -0.4 is 5.73 Å². The average Bonchev–Trinajstić information content (AvgIpc) is 2.42. The highest BCUT2D eigenvalue weighted by Gasteiger charge is 2.31. The Morgan fingerprint density at radius 1 is 1.35 bits per heavy atom. The van der Waals surface area contributed by atoms with E-state index in [2.05, 4.69) is 0 Å². The number of benzene rings is 1. The quantitative estimate of drug-likeness (QED) is 0.865. The summed E-state index contributed by atoms with van der Waals surface area (Å²) in [7, 11) is -2.06. The van der Waals surface area contributed by atoms with Crippen LogP contribution in [0, 0.1) is 6.92 Å². The van der Waals surface area contributed by atoms with Crippen LogP contribution in [0.2, 0.25) is 5.02 Å². The van der Waals surface area contributed by atoms with Gasteiger partial charge in [-0.15, -0.1) is 0 Å². The van der Waals surface area contributed by atoms with Crippen molar-refractivity contribution in [3.05, 3.63) is 22.7 Å². The van der Waals surface area contributed by atoms with Crippen LogP contribution in [0.3, 0.4) is 0 Å². The van der Waals surface area contributed by atoms with Gasteiger partial charge >= 0.3 is 0 Å². The Kier molecular flexibility index (Phi) is 4.59. The number of hydrogen-bond donors (Lipinski definition) is 1. The summed E-state index contributed by atoms with van der Waals surface area (Å²) in [6.45, 7) is 2.95. The Morgan fingerprint density at radius 3 is 2.55 bits per heavy atom. The molecule has 1 aromatic carbocycles. The lowest BCUT2D eigenvalue weighted by atomic mass is 10.1. The van der Waals surface area contributed by atoms with E-state index in [0.717, 1.165) is 5.56 Å². The van der Waals surface area contributed by atoms with Crippen LogP contribution >= 0.6 is 11.6 Å². The van der Waals surface area contributed by atoms with Gasteiger partial charge in [0.2, 0.25) is 10.0 Å². The molecule has 0 saturated carbocycles. The first-order chi connectivity index (χ1) is 9.34. The molecule has 0 amide bonds. The molecule has 112 valence electrons. The topological polar surface area (TPSA) is 72.6 Å². The number of nitrogens with two attached hydrogens (primary N) is 1. The number of aryl methyl sites for hydroxylation is 1. The largest absolute Gasteiger partial charge is 0.398 e. The highest BCUT2D eigenvalue weighted by Crippen LogP contribution is 2.30. The zero-order valence-electron chi connectivity index (χ0n) is 11.6. The fourth-order valence-electron chi connectivity index (χ4n) is 2.27. The van der Waals surface area contributed by atoms with Gasteiger partial charge in [0.1, 0.15) is 4.90 Å². The van der Waals surface area contributed by atoms with Crippen molar-refractivity contribution in [1.82, 2.24) is 4.31 Å². The average molecular weight is 319 g/mol. The van der Waals surface area contributed by atoms with Gasteiger partial charge in [-0.05, 0) is 37.5 Å². The predicted octanol–water partition coefficient (Wildman–Crippen LogP) is 2.03. The minimum atomic E-state index is -3.64. The van der Waals surface area contributed by atoms with Gasteiger partial charge in [-0.25, -0.2) is 8.42 Å². The molecule has 1 aromatic rings. The molecular formula is C13H19ClN2O3S. The summed E-state index contributed by atoms with van der Waals surface area (Å²) in [5, 5.41) is 0.204. The van der Waals surface area contributed by atoms with Crippen molar-refractivity contribution < 1.29 is 13.2 Å². The monoisotopic (exact) mass is 318 g/mol. The molecule has 0 atom stereocenters. The number of nitrogens with zero attached hydrogens (tertiary/aromatic N) is 1. The van der Waals surface area contributed by atoms with E-state index in [1.54, 1.807) is 20.0 Å². The van der Waals surface area contributed by atoms with Gasteiger partial charge in [0, 0.05) is 32.0 Å². The maximum absolute atomic E-state index is 12.7. The molecule has 0 bridgehead atoms. The molecule has 0 aliphatic carbocycles. The van der Waals surface area contributed by atoms with Gasteiger partial charge in [0.05, 0.1) is 5.02 Å². The lowest BCUT2D eigenvalue weighted by Gasteiger charge is -2.30. The first-order valence-electron chi connectivity index (χ1n) is 6.45. The van der Waals surface area contributed by atoms with Gasteiger partial charge in [-0.2, -0.15) is 4.31 Å². The second-order valence-electron chi connectivity index (χ2n) is 5.00. The second kappa shape index (κ2) is 5.89. The highest BCUT2D eigenvalue weighted by molar-refractivity contribution is 7.89. The van der Waals surface area contributed by atoms with Gasteiger partial charge < -0.3 is 10.5 Å². The van der Waals surface area contributed by atoms with Crippen LogP contribution in [0.4, 0.5) is 5.69 Å². The molecule has 0 spiro atoms. The number of nitrogen functional groups attached to an aromatic ring is 1. The van der Waals surface area contributed by atoms with Crippen molar-refractivity contribution >= 4 is 27.3 Å². The maximum Gasteiger partial charge on any atom is 0.244 e. The normalized spacial score (nSPS) is 17.6. The molecule has 0 unspecified atom stereocenters. The third-order valence-electron chi connectivity index (χ3n) is 3.68. The Balaban J connectivity index is 2.36. The number of anilines is 1. The third-order valence-corrected chi connectivity index (χ3v) is 6.06. The summed E-state index contributed by atoms with van der Waals surface area (Å²) < 4.78 is 32.0. The number of hydrogen-bond acceptors (Lipinski definition) is 4. The van der Waals surface area contributed by atoms with Crippen molar-refractivity contribution in [3.8, 4) is 0 Å². The molecule has 1 aliphatic rings. The Hall–Kier alpha value is -0.820. The summed E-state index contributed by atoms with van der Waals surface area (Å²) >= 11 is 6.08. The lowest BCUT2D eigenvalue weighted by molar-refractivity contribution is 0.0632. The number of rotatable bonds is 3. The summed E-state index contributed by atoms with van der Waals surface area (Å²) in [6, 6.07) is 2.96. The fraction of sp³-hybridized carbons (Fsp3) is 0.538. The van der Waals surface area contributed by atoms with Crippen LogP contribution in [0.15, 0.2) is 17.0 Å². The van der Waals surface area contributed by atoms with E-state index in [0.29, 0.717) is 31.7 Å². The molecular weight excluding hydrogens is 300 g/mol. The van der Waals surface area contributed by atoms with E-state index >= 15 is 0 Å². The second-order valence-corrected chi connectivity index (χ2v) is 7.38. The summed E-state index contributed by atoms with van der Waals surface area (Å²) in [6.07, 6.45) is 1.38. The summed E-state index contributed by atoms with van der Waals surface area (Å²) in [5.74, 6) is 0. The first kappa shape index (κ1) is 15.6. The van der Waals surface area contributed by atoms with Crippen LogP contribution in [0.5, 0.6) is 0 Å². The van der Waals surface area contributed by atoms with E-state index in [4.69, 9.17) is 22.1 Å². The minimum Gasteiger partial charge on any atom is -0.398 e. The molecule has 7 heteroatoms. The molecule has 1 aliphatic heterocycles. The number of sulfonamides is 1. The SMILES string of the molecule is Cc1cc(Cl)c(S(=O)(=O)N(C)C2CCOCC2)cc1N. The van der Waals surface area contributed by atoms with Crippen molar-refractivity contribution in [3.63, 3.8) is 0 Å². The van der Waals surface area contributed by atoms with E-state index in [1.165, 1.54) is 10.4 Å². The van der Waals surface area contributed by atoms with Gasteiger partial charge in [0.25, 0.3) is 0 Å². The Labute approximate surface area is 124 Å². The number of halogens is 1. The van der Waals surface area contributed by atoms with Crippen molar-refractivity contribution in [1.29, 1.82) is 0 Å². The molecule has 1 heterocycles. The fourth-order valence-corrected chi connectivity index (χ4v) is 4.27. The first-order valence-corrected chi connectivity index (χ1v) is 8.27. The maximum atomic E-state index is 12.7. The Morgan fingerprint density at radius 2 is 1.95 bits per heavy atom. The molecule has 2 N–H and O–H groups in total. The van der Waals surface area contributed by atoms with Crippen molar-refractivity contribution in [2.24, 2.45) is 0 Å². The number of ether oxygens (including phenoxy) is 1. The third kappa shape index (κ3) is 2.93. The van der Waals surface area contributed by atoms with Crippen LogP contribution in [0.1, 0.15) is 18.4 Å². The van der Waals surface area contributed by atoms with E-state index in [1.807, 2.05) is 0 Å². The molecule has 1 fully saturated rings. The van der Waals surface area contributed by atoms with E-state index < -0.39 is 10.0 Å². The molecule has 5 nitrogen and oxygen atoms in total. The Bertz CT molecular complexity index is 598. The minimum absolute atomic E-state index is 0.0626. The van der Waals surface area contributed by atoms with Crippen molar-refractivity contribution in [2.45, 2.75) is 30.7 Å². The smallest absolute Gasteiger partial charge is 0.244 e. The van der Waals surface area contributed by atoms with Crippen LogP contribution in [-0.4, -0.2) is 39.0 Å². The van der Waals surface area contributed by atoms with Crippen LogP contribution in [-0.2, 0) is 14.8 Å². The molecule has 1 saturated heterocycles. The van der Waals surface area contributed by atoms with Gasteiger partial charge in [-0.1, -0.05) is 11.6 Å². The predicted molar refractivity (Wildman–Crippen MR) is 79.4 cm³/mol. The van der Waals surface area contributed by atoms with Crippen LogP contribution in [0.25, 0.3) is 0 Å². The van der Waals surface area contributed by atoms with Crippen molar-refractivity contribution in [2.75, 3.05) is 26.0 Å².